The molecule has 3 rings (SSSR count). The van der Waals surface area contributed by atoms with E-state index in [1.165, 1.54) is 0 Å². The second-order valence-electron chi connectivity index (χ2n) is 6.00. The fraction of sp³-hybridized carbons (Fsp3) is 0.529. The Labute approximate surface area is 125 Å². The van der Waals surface area contributed by atoms with Gasteiger partial charge in [0.25, 0.3) is 0 Å². The Kier molecular flexibility index (Phi) is 4.29. The molecule has 21 heavy (non-hydrogen) atoms. The molecule has 1 aromatic heterocycles. The lowest BCUT2D eigenvalue weighted by molar-refractivity contribution is -0.0201. The number of benzene rings is 1. The Morgan fingerprint density at radius 3 is 3.00 bits per heavy atom. The number of para-hydroxylation sites is 1. The van der Waals surface area contributed by atoms with Crippen molar-refractivity contribution in [1.82, 2.24) is 4.90 Å². The number of nitrogens with zero attached hydrogens (tertiary/aromatic N) is 1. The number of aliphatic hydroxyl groups is 1. The topological polar surface area (TPSA) is 45.8 Å². The van der Waals surface area contributed by atoms with Gasteiger partial charge >= 0.3 is 0 Å². The summed E-state index contributed by atoms with van der Waals surface area (Å²) < 4.78 is 11.3. The highest BCUT2D eigenvalue weighted by atomic mass is 16.5. The number of rotatable bonds is 4. The van der Waals surface area contributed by atoms with Crippen LogP contribution in [0.2, 0.25) is 0 Å². The number of hydrogen-bond acceptors (Lipinski definition) is 4. The smallest absolute Gasteiger partial charge is 0.135 e. The molecule has 0 spiro atoms. The van der Waals surface area contributed by atoms with Crippen molar-refractivity contribution in [3.63, 3.8) is 0 Å². The Balaban J connectivity index is 1.67. The lowest BCUT2D eigenvalue weighted by Crippen LogP contribution is -2.45. The number of aliphatic hydroxyl groups excluding tert-OH is 1. The van der Waals surface area contributed by atoms with Crippen molar-refractivity contribution >= 4 is 11.0 Å². The van der Waals surface area contributed by atoms with Gasteiger partial charge in [-0.15, -0.1) is 0 Å². The van der Waals surface area contributed by atoms with Crippen molar-refractivity contribution < 1.29 is 14.3 Å². The van der Waals surface area contributed by atoms with Crippen molar-refractivity contribution in [2.45, 2.75) is 25.6 Å². The first-order valence-corrected chi connectivity index (χ1v) is 7.59. The first-order chi connectivity index (χ1) is 10.2. The molecule has 2 aromatic rings. The number of piperidine rings is 1. The van der Waals surface area contributed by atoms with Crippen molar-refractivity contribution in [3.05, 3.63) is 36.1 Å². The molecule has 4 nitrogen and oxygen atoms in total. The summed E-state index contributed by atoms with van der Waals surface area (Å²) in [5.41, 5.74) is 0.827. The minimum absolute atomic E-state index is 0.252. The van der Waals surface area contributed by atoms with E-state index in [0.717, 1.165) is 30.5 Å². The van der Waals surface area contributed by atoms with E-state index in [9.17, 15) is 5.11 Å². The van der Waals surface area contributed by atoms with Gasteiger partial charge in [0.1, 0.15) is 17.4 Å². The average molecular weight is 289 g/mol. The summed E-state index contributed by atoms with van der Waals surface area (Å²) in [6.45, 7) is 4.68. The Bertz CT molecular complexity index is 561. The third-order valence-corrected chi connectivity index (χ3v) is 4.48. The predicted molar refractivity (Wildman–Crippen MR) is 82.2 cm³/mol. The first kappa shape index (κ1) is 14.6. The van der Waals surface area contributed by atoms with E-state index in [-0.39, 0.29) is 6.10 Å². The monoisotopic (exact) mass is 289 g/mol. The first-order valence-electron chi connectivity index (χ1n) is 7.59. The van der Waals surface area contributed by atoms with Gasteiger partial charge in [0.15, 0.2) is 0 Å². The standard InChI is InChI=1S/C17H23NO3/c1-12-7-8-18(11-17(12)20-2)10-14(19)16-9-13-5-3-4-6-15(13)21-16/h3-6,9,12,14,17,19H,7-8,10-11H2,1-2H3. The molecule has 1 aliphatic rings. The maximum atomic E-state index is 10.4. The SMILES string of the molecule is COC1CN(CC(O)c2cc3ccccc3o2)CCC1C. The molecular formula is C17H23NO3. The van der Waals surface area contributed by atoms with Crippen molar-refractivity contribution in [1.29, 1.82) is 0 Å². The molecule has 0 amide bonds. The van der Waals surface area contributed by atoms with Crippen LogP contribution in [0.1, 0.15) is 25.2 Å². The van der Waals surface area contributed by atoms with Gasteiger partial charge in [-0.1, -0.05) is 25.1 Å². The molecule has 0 radical (unpaired) electrons. The van der Waals surface area contributed by atoms with Crippen LogP contribution in [0.3, 0.4) is 0 Å². The zero-order valence-corrected chi connectivity index (χ0v) is 12.7. The number of furan rings is 1. The van der Waals surface area contributed by atoms with Gasteiger partial charge in [0, 0.05) is 25.6 Å². The van der Waals surface area contributed by atoms with Gasteiger partial charge < -0.3 is 14.3 Å². The summed E-state index contributed by atoms with van der Waals surface area (Å²) in [5, 5.41) is 11.5. The second kappa shape index (κ2) is 6.18. The molecule has 3 unspecified atom stereocenters. The van der Waals surface area contributed by atoms with Crippen LogP contribution < -0.4 is 0 Å². The molecule has 0 saturated carbocycles. The Hall–Kier alpha value is -1.36. The van der Waals surface area contributed by atoms with E-state index in [2.05, 4.69) is 11.8 Å². The van der Waals surface area contributed by atoms with Gasteiger partial charge in [-0.25, -0.2) is 0 Å². The van der Waals surface area contributed by atoms with Crippen LogP contribution in [0.25, 0.3) is 11.0 Å². The van der Waals surface area contributed by atoms with Crippen molar-refractivity contribution in [2.75, 3.05) is 26.7 Å². The van der Waals surface area contributed by atoms with Crippen LogP contribution in [0.5, 0.6) is 0 Å². The summed E-state index contributed by atoms with van der Waals surface area (Å²) in [5.74, 6) is 1.22. The molecule has 2 heterocycles. The van der Waals surface area contributed by atoms with Gasteiger partial charge in [0.05, 0.1) is 6.10 Å². The maximum absolute atomic E-state index is 10.4. The van der Waals surface area contributed by atoms with E-state index >= 15 is 0 Å². The third kappa shape index (κ3) is 3.12. The average Bonchev–Trinajstić information content (AvgIpc) is 2.93. The van der Waals surface area contributed by atoms with E-state index in [4.69, 9.17) is 9.15 Å². The highest BCUT2D eigenvalue weighted by molar-refractivity contribution is 5.77. The van der Waals surface area contributed by atoms with E-state index < -0.39 is 6.10 Å². The second-order valence-corrected chi connectivity index (χ2v) is 6.00. The van der Waals surface area contributed by atoms with E-state index in [0.29, 0.717) is 18.2 Å². The van der Waals surface area contributed by atoms with Gasteiger partial charge in [-0.05, 0) is 31.0 Å². The van der Waals surface area contributed by atoms with Crippen LogP contribution in [0.4, 0.5) is 0 Å². The summed E-state index contributed by atoms with van der Waals surface area (Å²) in [7, 11) is 1.76. The molecule has 1 aliphatic heterocycles. The van der Waals surface area contributed by atoms with E-state index in [1.807, 2.05) is 30.3 Å². The molecule has 4 heteroatoms. The number of β-amino-alcohol motifs (C(OH)–C–C–N with tert-alkyl or cyclic N) is 1. The normalized spacial score (nSPS) is 25.3. The highest BCUT2D eigenvalue weighted by Gasteiger charge is 2.28. The van der Waals surface area contributed by atoms with E-state index in [1.54, 1.807) is 7.11 Å². The molecular weight excluding hydrogens is 266 g/mol. The molecule has 1 aromatic carbocycles. The van der Waals surface area contributed by atoms with Crippen LogP contribution >= 0.6 is 0 Å². The minimum atomic E-state index is -0.594. The van der Waals surface area contributed by atoms with Crippen molar-refractivity contribution in [2.24, 2.45) is 5.92 Å². The number of hydrogen-bond donors (Lipinski definition) is 1. The molecule has 3 atom stereocenters. The molecule has 1 N–H and O–H groups in total. The number of likely N-dealkylation sites (tertiary alicyclic amines) is 1. The Morgan fingerprint density at radius 1 is 1.43 bits per heavy atom. The van der Waals surface area contributed by atoms with Crippen LogP contribution in [0, 0.1) is 5.92 Å². The quantitative estimate of drug-likeness (QED) is 0.940. The van der Waals surface area contributed by atoms with Gasteiger partial charge in [0.2, 0.25) is 0 Å². The molecule has 0 aliphatic carbocycles. The summed E-state index contributed by atoms with van der Waals surface area (Å²) in [6, 6.07) is 9.77. The summed E-state index contributed by atoms with van der Waals surface area (Å²) in [4.78, 5) is 2.26. The zero-order valence-electron chi connectivity index (χ0n) is 12.7. The minimum Gasteiger partial charge on any atom is -0.458 e. The van der Waals surface area contributed by atoms with Crippen LogP contribution in [0.15, 0.2) is 34.7 Å². The van der Waals surface area contributed by atoms with Gasteiger partial charge in [-0.2, -0.15) is 0 Å². The summed E-state index contributed by atoms with van der Waals surface area (Å²) in [6.07, 6.45) is 0.760. The third-order valence-electron chi connectivity index (χ3n) is 4.48. The zero-order chi connectivity index (χ0) is 14.8. The number of fused-ring (bicyclic) bond motifs is 1. The Morgan fingerprint density at radius 2 is 2.24 bits per heavy atom. The van der Waals surface area contributed by atoms with Crippen LogP contribution in [-0.4, -0.2) is 42.9 Å². The number of methoxy groups -OCH3 is 1. The fourth-order valence-electron chi connectivity index (χ4n) is 3.07. The molecule has 0 bridgehead atoms. The molecule has 1 saturated heterocycles. The largest absolute Gasteiger partial charge is 0.458 e. The molecule has 114 valence electrons. The fourth-order valence-corrected chi connectivity index (χ4v) is 3.07. The molecule has 1 fully saturated rings. The highest BCUT2D eigenvalue weighted by Crippen LogP contribution is 2.26. The van der Waals surface area contributed by atoms with Crippen molar-refractivity contribution in [3.8, 4) is 0 Å². The predicted octanol–water partition coefficient (Wildman–Crippen LogP) is 2.82. The van der Waals surface area contributed by atoms with Gasteiger partial charge in [-0.3, -0.25) is 4.90 Å². The number of ether oxygens (including phenoxy) is 1. The van der Waals surface area contributed by atoms with Crippen LogP contribution in [-0.2, 0) is 4.74 Å². The lowest BCUT2D eigenvalue weighted by Gasteiger charge is -2.36. The lowest BCUT2D eigenvalue weighted by atomic mass is 9.95. The summed E-state index contributed by atoms with van der Waals surface area (Å²) >= 11 is 0. The maximum Gasteiger partial charge on any atom is 0.135 e.